The van der Waals surface area contributed by atoms with Gasteiger partial charge in [-0.25, -0.2) is 18.2 Å². The van der Waals surface area contributed by atoms with Crippen molar-refractivity contribution in [1.29, 1.82) is 0 Å². The number of carbonyl (C=O) groups excluding carboxylic acids is 1. The number of aromatic nitrogens is 6. The Hall–Kier alpha value is -3.24. The Labute approximate surface area is 144 Å². The zero-order valence-electron chi connectivity index (χ0n) is 13.3. The van der Waals surface area contributed by atoms with Gasteiger partial charge in [-0.3, -0.25) is 4.79 Å². The van der Waals surface area contributed by atoms with Crippen molar-refractivity contribution < 1.29 is 18.0 Å². The first-order chi connectivity index (χ1) is 12.6. The van der Waals surface area contributed by atoms with E-state index in [2.05, 4.69) is 25.5 Å². The van der Waals surface area contributed by atoms with Crippen molar-refractivity contribution in [3.8, 4) is 17.2 Å². The molecule has 3 heterocycles. The second kappa shape index (κ2) is 6.24. The van der Waals surface area contributed by atoms with E-state index < -0.39 is 17.5 Å². The highest BCUT2D eigenvalue weighted by molar-refractivity contribution is 5.91. The van der Waals surface area contributed by atoms with Gasteiger partial charge in [0, 0.05) is 13.1 Å². The van der Waals surface area contributed by atoms with Crippen LogP contribution in [0.15, 0.2) is 18.3 Å². The van der Waals surface area contributed by atoms with Gasteiger partial charge < -0.3 is 9.88 Å². The molecule has 0 atom stereocenters. The SMILES string of the molecule is O=C(c1ncc(-n2nnnc2-c2ccc(F)c(F)c2F)[nH]1)N1CCCC1. The Balaban J connectivity index is 1.70. The van der Waals surface area contributed by atoms with E-state index in [-0.39, 0.29) is 28.9 Å². The molecule has 0 saturated carbocycles. The fourth-order valence-electron chi connectivity index (χ4n) is 2.81. The van der Waals surface area contributed by atoms with Crippen LogP contribution in [0.1, 0.15) is 23.5 Å². The molecule has 1 aliphatic heterocycles. The highest BCUT2D eigenvalue weighted by atomic mass is 19.2. The molecule has 0 aliphatic carbocycles. The Morgan fingerprint density at radius 3 is 2.65 bits per heavy atom. The van der Waals surface area contributed by atoms with Crippen molar-refractivity contribution in [2.75, 3.05) is 13.1 Å². The van der Waals surface area contributed by atoms with Crippen LogP contribution in [0.4, 0.5) is 13.2 Å². The van der Waals surface area contributed by atoms with Crippen molar-refractivity contribution in [3.63, 3.8) is 0 Å². The van der Waals surface area contributed by atoms with Crippen LogP contribution >= 0.6 is 0 Å². The molecule has 0 spiro atoms. The fourth-order valence-corrected chi connectivity index (χ4v) is 2.81. The number of imidazole rings is 1. The Bertz CT molecular complexity index is 978. The Morgan fingerprint density at radius 2 is 1.88 bits per heavy atom. The number of amides is 1. The average Bonchev–Trinajstić information content (AvgIpc) is 3.39. The molecule has 26 heavy (non-hydrogen) atoms. The first-order valence-corrected chi connectivity index (χ1v) is 7.83. The fraction of sp³-hybridized carbons (Fsp3) is 0.267. The van der Waals surface area contributed by atoms with Crippen LogP contribution in [-0.2, 0) is 0 Å². The maximum atomic E-state index is 14.0. The summed E-state index contributed by atoms with van der Waals surface area (Å²) in [4.78, 5) is 20.8. The maximum absolute atomic E-state index is 14.0. The maximum Gasteiger partial charge on any atom is 0.289 e. The molecule has 1 fully saturated rings. The van der Waals surface area contributed by atoms with Crippen molar-refractivity contribution in [1.82, 2.24) is 35.1 Å². The molecule has 1 saturated heterocycles. The van der Waals surface area contributed by atoms with Gasteiger partial charge in [-0.15, -0.1) is 5.10 Å². The Morgan fingerprint density at radius 1 is 1.12 bits per heavy atom. The minimum Gasteiger partial charge on any atom is -0.336 e. The summed E-state index contributed by atoms with van der Waals surface area (Å²) < 4.78 is 41.7. The lowest BCUT2D eigenvalue weighted by Crippen LogP contribution is -2.28. The van der Waals surface area contributed by atoms with Gasteiger partial charge in [0.25, 0.3) is 5.91 Å². The van der Waals surface area contributed by atoms with Crippen molar-refractivity contribution in [3.05, 3.63) is 41.6 Å². The summed E-state index contributed by atoms with van der Waals surface area (Å²) in [6.45, 7) is 1.32. The van der Waals surface area contributed by atoms with Gasteiger partial charge in [0.05, 0.1) is 11.8 Å². The number of aromatic amines is 1. The third-order valence-electron chi connectivity index (χ3n) is 4.13. The van der Waals surface area contributed by atoms with Crippen LogP contribution in [-0.4, -0.2) is 54.1 Å². The number of benzene rings is 1. The lowest BCUT2D eigenvalue weighted by atomic mass is 10.2. The minimum atomic E-state index is -1.62. The molecule has 0 bridgehead atoms. The molecule has 1 amide bonds. The van der Waals surface area contributed by atoms with Gasteiger partial charge in [0.15, 0.2) is 34.9 Å². The average molecular weight is 363 g/mol. The lowest BCUT2D eigenvalue weighted by molar-refractivity contribution is 0.0782. The van der Waals surface area contributed by atoms with E-state index in [0.29, 0.717) is 13.1 Å². The number of carbonyl (C=O) groups is 1. The van der Waals surface area contributed by atoms with E-state index in [4.69, 9.17) is 0 Å². The number of H-pyrrole nitrogens is 1. The van der Waals surface area contributed by atoms with Crippen molar-refractivity contribution in [2.45, 2.75) is 12.8 Å². The van der Waals surface area contributed by atoms with Gasteiger partial charge in [0.1, 0.15) is 0 Å². The number of hydrogen-bond acceptors (Lipinski definition) is 5. The predicted octanol–water partition coefficient (Wildman–Crippen LogP) is 1.71. The molecule has 0 unspecified atom stereocenters. The van der Waals surface area contributed by atoms with E-state index >= 15 is 0 Å². The monoisotopic (exact) mass is 363 g/mol. The summed E-state index contributed by atoms with van der Waals surface area (Å²) in [5.41, 5.74) is -0.323. The van der Waals surface area contributed by atoms with E-state index in [0.717, 1.165) is 29.7 Å². The Kier molecular flexibility index (Phi) is 3.90. The van der Waals surface area contributed by atoms with Crippen LogP contribution in [0.25, 0.3) is 17.2 Å². The molecule has 3 aromatic rings. The summed E-state index contributed by atoms with van der Waals surface area (Å²) >= 11 is 0. The largest absolute Gasteiger partial charge is 0.336 e. The van der Waals surface area contributed by atoms with Crippen LogP contribution in [0.5, 0.6) is 0 Å². The summed E-state index contributed by atoms with van der Waals surface area (Å²) in [7, 11) is 0. The van der Waals surface area contributed by atoms with Crippen LogP contribution in [0.2, 0.25) is 0 Å². The van der Waals surface area contributed by atoms with Crippen LogP contribution < -0.4 is 0 Å². The second-order valence-electron chi connectivity index (χ2n) is 5.75. The third kappa shape index (κ3) is 2.61. The highest BCUT2D eigenvalue weighted by Gasteiger charge is 2.24. The van der Waals surface area contributed by atoms with Crippen LogP contribution in [0, 0.1) is 17.5 Å². The van der Waals surface area contributed by atoms with Gasteiger partial charge in [0.2, 0.25) is 0 Å². The standard InChI is InChI=1S/C15H12F3N7O/c16-9-4-3-8(11(17)12(9)18)14-21-22-23-25(14)10-7-19-13(20-10)15(26)24-5-1-2-6-24/h3-4,7H,1-2,5-6H2,(H,19,20). The lowest BCUT2D eigenvalue weighted by Gasteiger charge is -2.12. The highest BCUT2D eigenvalue weighted by Crippen LogP contribution is 2.25. The van der Waals surface area contributed by atoms with Crippen LogP contribution in [0.3, 0.4) is 0 Å². The molecule has 1 aromatic carbocycles. The predicted molar refractivity (Wildman–Crippen MR) is 81.7 cm³/mol. The summed E-state index contributed by atoms with van der Waals surface area (Å²) in [5, 5.41) is 10.8. The molecule has 1 aliphatic rings. The zero-order chi connectivity index (χ0) is 18.3. The summed E-state index contributed by atoms with van der Waals surface area (Å²) in [6, 6.07) is 1.81. The van der Waals surface area contributed by atoms with E-state index in [9.17, 15) is 18.0 Å². The smallest absolute Gasteiger partial charge is 0.289 e. The normalized spacial score (nSPS) is 14.2. The van der Waals surface area contributed by atoms with Gasteiger partial charge >= 0.3 is 0 Å². The molecular weight excluding hydrogens is 351 g/mol. The molecule has 11 heteroatoms. The van der Waals surface area contributed by atoms with Gasteiger partial charge in [-0.1, -0.05) is 0 Å². The summed E-state index contributed by atoms with van der Waals surface area (Å²) in [5.74, 6) is -4.48. The number of nitrogens with zero attached hydrogens (tertiary/aromatic N) is 6. The third-order valence-corrected chi connectivity index (χ3v) is 4.13. The number of tetrazole rings is 1. The minimum absolute atomic E-state index is 0.0918. The number of hydrogen-bond donors (Lipinski definition) is 1. The molecule has 1 N–H and O–H groups in total. The van der Waals surface area contributed by atoms with Crippen molar-refractivity contribution in [2.24, 2.45) is 0 Å². The zero-order valence-corrected chi connectivity index (χ0v) is 13.3. The number of nitrogens with one attached hydrogen (secondary N) is 1. The van der Waals surface area contributed by atoms with Gasteiger partial charge in [-0.2, -0.15) is 4.68 Å². The molecule has 8 nitrogen and oxygen atoms in total. The van der Waals surface area contributed by atoms with E-state index in [1.54, 1.807) is 4.90 Å². The quantitative estimate of drug-likeness (QED) is 0.715. The first-order valence-electron chi connectivity index (χ1n) is 7.83. The molecular formula is C15H12F3N7O. The summed E-state index contributed by atoms with van der Waals surface area (Å²) in [6.07, 6.45) is 3.18. The van der Waals surface area contributed by atoms with Gasteiger partial charge in [-0.05, 0) is 35.4 Å². The molecule has 4 rings (SSSR count). The first kappa shape index (κ1) is 16.2. The second-order valence-corrected chi connectivity index (χ2v) is 5.75. The molecule has 0 radical (unpaired) electrons. The van der Waals surface area contributed by atoms with E-state index in [1.165, 1.54) is 6.20 Å². The number of likely N-dealkylation sites (tertiary alicyclic amines) is 1. The molecule has 134 valence electrons. The number of rotatable bonds is 3. The topological polar surface area (TPSA) is 92.6 Å². The van der Waals surface area contributed by atoms with E-state index in [1.807, 2.05) is 0 Å². The molecule has 2 aromatic heterocycles. The number of halogens is 3. The van der Waals surface area contributed by atoms with Crippen molar-refractivity contribution >= 4 is 5.91 Å².